The Kier molecular flexibility index (Phi) is 6.20. The normalized spacial score (nSPS) is 12.1. The number of carbonyl (C=O) groups is 1. The maximum Gasteiger partial charge on any atom is 0.261 e. The minimum absolute atomic E-state index is 0.0374. The van der Waals surface area contributed by atoms with E-state index in [4.69, 9.17) is 0 Å². The molecule has 0 saturated heterocycles. The number of Topliss-reactive ketones (excluding diaryl/α,β-unsaturated/α-hetero) is 1. The van der Waals surface area contributed by atoms with Crippen molar-refractivity contribution in [3.05, 3.63) is 51.8 Å². The molecule has 1 atom stereocenters. The molecule has 0 radical (unpaired) electrons. The third kappa shape index (κ3) is 3.87. The second-order valence-electron chi connectivity index (χ2n) is 5.56. The van der Waals surface area contributed by atoms with Gasteiger partial charge in [0.05, 0.1) is 11.3 Å². The van der Waals surface area contributed by atoms with E-state index in [1.54, 1.807) is 16.7 Å². The SMILES string of the molecule is CCc1c(O)nc(SCC(=O)c2ccccc2)n(C(C)CC)c1=O. The molecule has 24 heavy (non-hydrogen) atoms. The van der Waals surface area contributed by atoms with E-state index >= 15 is 0 Å². The van der Waals surface area contributed by atoms with Gasteiger partial charge in [0.2, 0.25) is 5.88 Å². The molecule has 1 N–H and O–H groups in total. The van der Waals surface area contributed by atoms with Gasteiger partial charge in [-0.2, -0.15) is 4.98 Å². The van der Waals surface area contributed by atoms with Crippen molar-refractivity contribution in [3.63, 3.8) is 0 Å². The van der Waals surface area contributed by atoms with Crippen LogP contribution in [0.3, 0.4) is 0 Å². The molecule has 0 saturated carbocycles. The van der Waals surface area contributed by atoms with Crippen molar-refractivity contribution in [2.75, 3.05) is 5.75 Å². The van der Waals surface area contributed by atoms with E-state index in [2.05, 4.69) is 4.98 Å². The van der Waals surface area contributed by atoms with Crippen molar-refractivity contribution >= 4 is 17.5 Å². The molecule has 1 aromatic heterocycles. The van der Waals surface area contributed by atoms with Gasteiger partial charge in [-0.1, -0.05) is 55.9 Å². The largest absolute Gasteiger partial charge is 0.493 e. The van der Waals surface area contributed by atoms with E-state index < -0.39 is 0 Å². The molecular weight excluding hydrogens is 324 g/mol. The minimum atomic E-state index is -0.239. The van der Waals surface area contributed by atoms with Crippen LogP contribution in [0.5, 0.6) is 5.88 Å². The maximum atomic E-state index is 12.6. The number of benzene rings is 1. The Morgan fingerprint density at radius 2 is 1.96 bits per heavy atom. The average Bonchev–Trinajstić information content (AvgIpc) is 2.60. The van der Waals surface area contributed by atoms with E-state index in [9.17, 15) is 14.7 Å². The van der Waals surface area contributed by atoms with Crippen LogP contribution in [-0.4, -0.2) is 26.2 Å². The molecule has 2 aromatic rings. The molecule has 6 heteroatoms. The quantitative estimate of drug-likeness (QED) is 0.472. The fourth-order valence-electron chi connectivity index (χ4n) is 2.36. The number of nitrogens with zero attached hydrogens (tertiary/aromatic N) is 2. The van der Waals surface area contributed by atoms with Crippen molar-refractivity contribution < 1.29 is 9.90 Å². The summed E-state index contributed by atoms with van der Waals surface area (Å²) in [6, 6.07) is 8.95. The number of rotatable bonds is 7. The molecule has 1 heterocycles. The number of aromatic nitrogens is 2. The lowest BCUT2D eigenvalue weighted by Gasteiger charge is -2.18. The average molecular weight is 346 g/mol. The van der Waals surface area contributed by atoms with Crippen LogP contribution in [0.15, 0.2) is 40.3 Å². The van der Waals surface area contributed by atoms with Crippen LogP contribution in [0.2, 0.25) is 0 Å². The number of carbonyl (C=O) groups excluding carboxylic acids is 1. The fraction of sp³-hybridized carbons (Fsp3) is 0.389. The molecule has 0 spiro atoms. The van der Waals surface area contributed by atoms with Gasteiger partial charge in [0.25, 0.3) is 5.56 Å². The van der Waals surface area contributed by atoms with Gasteiger partial charge in [0, 0.05) is 11.6 Å². The van der Waals surface area contributed by atoms with Crippen LogP contribution in [0.4, 0.5) is 0 Å². The zero-order chi connectivity index (χ0) is 17.7. The number of hydrogen-bond acceptors (Lipinski definition) is 5. The summed E-state index contributed by atoms with van der Waals surface area (Å²) in [5, 5.41) is 10.4. The van der Waals surface area contributed by atoms with Gasteiger partial charge >= 0.3 is 0 Å². The van der Waals surface area contributed by atoms with Crippen LogP contribution in [-0.2, 0) is 6.42 Å². The third-order valence-corrected chi connectivity index (χ3v) is 4.92. The number of thioether (sulfide) groups is 1. The molecule has 0 aliphatic carbocycles. The first kappa shape index (κ1) is 18.3. The molecule has 128 valence electrons. The van der Waals surface area contributed by atoms with E-state index in [1.807, 2.05) is 39.0 Å². The van der Waals surface area contributed by atoms with E-state index in [1.165, 1.54) is 11.8 Å². The Labute approximate surface area is 145 Å². The smallest absolute Gasteiger partial charge is 0.261 e. The Morgan fingerprint density at radius 1 is 1.29 bits per heavy atom. The lowest BCUT2D eigenvalue weighted by Crippen LogP contribution is -2.29. The summed E-state index contributed by atoms with van der Waals surface area (Å²) in [6.07, 6.45) is 1.18. The Morgan fingerprint density at radius 3 is 2.54 bits per heavy atom. The van der Waals surface area contributed by atoms with Gasteiger partial charge in [-0.25, -0.2) is 0 Å². The Balaban J connectivity index is 2.32. The summed E-state index contributed by atoms with van der Waals surface area (Å²) in [4.78, 5) is 29.1. The second-order valence-corrected chi connectivity index (χ2v) is 6.50. The first-order valence-electron chi connectivity index (χ1n) is 8.04. The van der Waals surface area contributed by atoms with Crippen molar-refractivity contribution in [2.24, 2.45) is 0 Å². The predicted molar refractivity (Wildman–Crippen MR) is 96.0 cm³/mol. The minimum Gasteiger partial charge on any atom is -0.493 e. The highest BCUT2D eigenvalue weighted by Crippen LogP contribution is 2.24. The van der Waals surface area contributed by atoms with Crippen LogP contribution < -0.4 is 5.56 Å². The molecule has 1 aromatic carbocycles. The highest BCUT2D eigenvalue weighted by molar-refractivity contribution is 7.99. The molecule has 5 nitrogen and oxygen atoms in total. The molecule has 0 bridgehead atoms. The molecule has 1 unspecified atom stereocenters. The van der Waals surface area contributed by atoms with Crippen LogP contribution in [0, 0.1) is 0 Å². The van der Waals surface area contributed by atoms with Gasteiger partial charge in [0.1, 0.15) is 0 Å². The van der Waals surface area contributed by atoms with E-state index in [0.29, 0.717) is 22.7 Å². The zero-order valence-corrected chi connectivity index (χ0v) is 15.0. The maximum absolute atomic E-state index is 12.6. The molecule has 0 fully saturated rings. The summed E-state index contributed by atoms with van der Waals surface area (Å²) >= 11 is 1.18. The van der Waals surface area contributed by atoms with Gasteiger partial charge in [-0.05, 0) is 19.8 Å². The number of ketones is 1. The summed E-state index contributed by atoms with van der Waals surface area (Å²) in [5.41, 5.74) is 0.708. The van der Waals surface area contributed by atoms with Crippen molar-refractivity contribution in [1.29, 1.82) is 0 Å². The Bertz CT molecular complexity index is 772. The van der Waals surface area contributed by atoms with Crippen molar-refractivity contribution in [3.8, 4) is 5.88 Å². The Hall–Kier alpha value is -2.08. The van der Waals surface area contributed by atoms with Gasteiger partial charge in [-0.15, -0.1) is 0 Å². The van der Waals surface area contributed by atoms with Crippen molar-refractivity contribution in [2.45, 2.75) is 44.8 Å². The lowest BCUT2D eigenvalue weighted by molar-refractivity contribution is 0.102. The number of hydrogen-bond donors (Lipinski definition) is 1. The zero-order valence-electron chi connectivity index (χ0n) is 14.2. The van der Waals surface area contributed by atoms with Gasteiger partial charge < -0.3 is 5.11 Å². The highest BCUT2D eigenvalue weighted by atomic mass is 32.2. The summed E-state index contributed by atoms with van der Waals surface area (Å²) in [7, 11) is 0. The molecule has 2 rings (SSSR count). The molecular formula is C18H22N2O3S. The van der Waals surface area contributed by atoms with Crippen molar-refractivity contribution in [1.82, 2.24) is 9.55 Å². The second kappa shape index (κ2) is 8.15. The molecule has 0 aliphatic rings. The van der Waals surface area contributed by atoms with E-state index in [-0.39, 0.29) is 29.0 Å². The van der Waals surface area contributed by atoms with E-state index in [0.717, 1.165) is 6.42 Å². The van der Waals surface area contributed by atoms with Gasteiger partial charge in [0.15, 0.2) is 10.9 Å². The third-order valence-electron chi connectivity index (χ3n) is 3.97. The van der Waals surface area contributed by atoms with Crippen LogP contribution in [0.1, 0.15) is 49.2 Å². The van der Waals surface area contributed by atoms with Gasteiger partial charge in [-0.3, -0.25) is 14.2 Å². The first-order valence-corrected chi connectivity index (χ1v) is 9.03. The summed E-state index contributed by atoms with van der Waals surface area (Å²) < 4.78 is 1.58. The summed E-state index contributed by atoms with van der Waals surface area (Å²) in [5.74, 6) is -0.112. The number of aromatic hydroxyl groups is 1. The lowest BCUT2D eigenvalue weighted by atomic mass is 10.2. The highest BCUT2D eigenvalue weighted by Gasteiger charge is 2.19. The standard InChI is InChI=1S/C18H22N2O3S/c1-4-12(3)20-17(23)14(5-2)16(22)19-18(20)24-11-15(21)13-9-7-6-8-10-13/h6-10,12,22H,4-5,11H2,1-3H3. The topological polar surface area (TPSA) is 72.2 Å². The van der Waals surface area contributed by atoms with Crippen LogP contribution in [0.25, 0.3) is 0 Å². The fourth-order valence-corrected chi connectivity index (χ4v) is 3.34. The van der Waals surface area contributed by atoms with Crippen LogP contribution >= 0.6 is 11.8 Å². The summed E-state index contributed by atoms with van der Waals surface area (Å²) in [6.45, 7) is 5.73. The molecule has 0 aliphatic heterocycles. The predicted octanol–water partition coefficient (Wildman–Crippen LogP) is 3.46. The molecule has 0 amide bonds. The first-order chi connectivity index (χ1) is 11.5. The monoisotopic (exact) mass is 346 g/mol.